The molecule has 1 aromatic rings. The molecule has 2 N–H and O–H groups in total. The molecule has 0 fully saturated rings. The SMILES string of the molecule is CC(CCc1ccc(O)cc1)NC(CN(C)C)C(C)C. The van der Waals surface area contributed by atoms with Crippen molar-refractivity contribution in [2.24, 2.45) is 5.92 Å². The lowest BCUT2D eigenvalue weighted by molar-refractivity contribution is 0.269. The van der Waals surface area contributed by atoms with Crippen LogP contribution in [-0.4, -0.2) is 42.7 Å². The summed E-state index contributed by atoms with van der Waals surface area (Å²) < 4.78 is 0. The van der Waals surface area contributed by atoms with Gasteiger partial charge in [-0.25, -0.2) is 0 Å². The van der Waals surface area contributed by atoms with Gasteiger partial charge in [0.1, 0.15) is 5.75 Å². The van der Waals surface area contributed by atoms with E-state index in [2.05, 4.69) is 45.1 Å². The minimum Gasteiger partial charge on any atom is -0.508 e. The van der Waals surface area contributed by atoms with Gasteiger partial charge in [-0.1, -0.05) is 26.0 Å². The number of nitrogens with zero attached hydrogens (tertiary/aromatic N) is 1. The summed E-state index contributed by atoms with van der Waals surface area (Å²) in [6.07, 6.45) is 2.16. The third-order valence-electron chi connectivity index (χ3n) is 3.67. The van der Waals surface area contributed by atoms with Gasteiger partial charge in [0.15, 0.2) is 0 Å². The fourth-order valence-electron chi connectivity index (χ4n) is 2.34. The Bertz CT molecular complexity index is 373. The second kappa shape index (κ2) is 8.28. The maximum atomic E-state index is 9.28. The summed E-state index contributed by atoms with van der Waals surface area (Å²) >= 11 is 0. The van der Waals surface area contributed by atoms with Gasteiger partial charge in [-0.3, -0.25) is 0 Å². The van der Waals surface area contributed by atoms with Crippen LogP contribution in [0.4, 0.5) is 0 Å². The predicted molar refractivity (Wildman–Crippen MR) is 86.2 cm³/mol. The Labute approximate surface area is 124 Å². The Morgan fingerprint density at radius 2 is 1.70 bits per heavy atom. The minimum absolute atomic E-state index is 0.339. The molecule has 0 aliphatic rings. The van der Waals surface area contributed by atoms with Gasteiger partial charge in [0.05, 0.1) is 0 Å². The van der Waals surface area contributed by atoms with Gasteiger partial charge >= 0.3 is 0 Å². The van der Waals surface area contributed by atoms with Crippen LogP contribution in [0.15, 0.2) is 24.3 Å². The molecule has 0 heterocycles. The van der Waals surface area contributed by atoms with E-state index in [4.69, 9.17) is 0 Å². The zero-order valence-electron chi connectivity index (χ0n) is 13.6. The van der Waals surface area contributed by atoms with Crippen LogP contribution in [-0.2, 0) is 6.42 Å². The number of phenols is 1. The van der Waals surface area contributed by atoms with Gasteiger partial charge in [0, 0.05) is 18.6 Å². The Balaban J connectivity index is 2.41. The topological polar surface area (TPSA) is 35.5 Å². The van der Waals surface area contributed by atoms with Crippen molar-refractivity contribution in [1.29, 1.82) is 0 Å². The molecule has 0 aromatic heterocycles. The molecule has 0 aliphatic carbocycles. The maximum absolute atomic E-state index is 9.28. The molecule has 0 radical (unpaired) electrons. The zero-order valence-corrected chi connectivity index (χ0v) is 13.6. The number of aromatic hydroxyl groups is 1. The number of hydrogen-bond acceptors (Lipinski definition) is 3. The van der Waals surface area contributed by atoms with E-state index < -0.39 is 0 Å². The molecule has 0 aliphatic heterocycles. The smallest absolute Gasteiger partial charge is 0.115 e. The van der Waals surface area contributed by atoms with Crippen LogP contribution in [0.1, 0.15) is 32.8 Å². The van der Waals surface area contributed by atoms with Crippen molar-refractivity contribution >= 4 is 0 Å². The van der Waals surface area contributed by atoms with Crippen molar-refractivity contribution in [3.05, 3.63) is 29.8 Å². The first-order chi connectivity index (χ1) is 9.38. The molecule has 0 bridgehead atoms. The quantitative estimate of drug-likeness (QED) is 0.767. The molecule has 20 heavy (non-hydrogen) atoms. The summed E-state index contributed by atoms with van der Waals surface area (Å²) in [6, 6.07) is 8.55. The summed E-state index contributed by atoms with van der Waals surface area (Å²) in [6.45, 7) is 7.87. The van der Waals surface area contributed by atoms with E-state index in [-0.39, 0.29) is 0 Å². The van der Waals surface area contributed by atoms with Crippen molar-refractivity contribution < 1.29 is 5.11 Å². The van der Waals surface area contributed by atoms with Crippen LogP contribution in [0.25, 0.3) is 0 Å². The number of phenolic OH excluding ortho intramolecular Hbond substituents is 1. The molecule has 114 valence electrons. The molecule has 2 unspecified atom stereocenters. The third-order valence-corrected chi connectivity index (χ3v) is 3.67. The van der Waals surface area contributed by atoms with Gasteiger partial charge < -0.3 is 15.3 Å². The number of aryl methyl sites for hydroxylation is 1. The molecular weight excluding hydrogens is 248 g/mol. The largest absolute Gasteiger partial charge is 0.508 e. The average molecular weight is 278 g/mol. The standard InChI is InChI=1S/C17H30N2O/c1-13(2)17(12-19(4)5)18-14(3)6-7-15-8-10-16(20)11-9-15/h8-11,13-14,17-18,20H,6-7,12H2,1-5H3. The highest BCUT2D eigenvalue weighted by atomic mass is 16.3. The van der Waals surface area contributed by atoms with Gasteiger partial charge in [0.25, 0.3) is 0 Å². The third kappa shape index (κ3) is 6.40. The van der Waals surface area contributed by atoms with E-state index in [1.165, 1.54) is 5.56 Å². The highest BCUT2D eigenvalue weighted by Crippen LogP contribution is 2.13. The predicted octanol–water partition coefficient (Wildman–Crippen LogP) is 2.89. The number of likely N-dealkylation sites (N-methyl/N-ethyl adjacent to an activating group) is 1. The van der Waals surface area contributed by atoms with Crippen LogP contribution in [0.3, 0.4) is 0 Å². The summed E-state index contributed by atoms with van der Waals surface area (Å²) in [7, 11) is 4.25. The van der Waals surface area contributed by atoms with Crippen LogP contribution >= 0.6 is 0 Å². The van der Waals surface area contributed by atoms with Crippen molar-refractivity contribution in [2.75, 3.05) is 20.6 Å². The maximum Gasteiger partial charge on any atom is 0.115 e. The number of rotatable bonds is 8. The molecule has 3 nitrogen and oxygen atoms in total. The minimum atomic E-state index is 0.339. The Morgan fingerprint density at radius 3 is 2.20 bits per heavy atom. The van der Waals surface area contributed by atoms with Crippen molar-refractivity contribution in [2.45, 2.75) is 45.7 Å². The zero-order chi connectivity index (χ0) is 15.1. The van der Waals surface area contributed by atoms with Gasteiger partial charge in [-0.05, 0) is 57.5 Å². The molecule has 0 spiro atoms. The summed E-state index contributed by atoms with van der Waals surface area (Å²) in [5.41, 5.74) is 1.28. The van der Waals surface area contributed by atoms with E-state index in [0.717, 1.165) is 19.4 Å². The summed E-state index contributed by atoms with van der Waals surface area (Å²) in [4.78, 5) is 2.24. The van der Waals surface area contributed by atoms with E-state index in [1.807, 2.05) is 12.1 Å². The van der Waals surface area contributed by atoms with Crippen molar-refractivity contribution in [3.63, 3.8) is 0 Å². The van der Waals surface area contributed by atoms with Crippen LogP contribution in [0.5, 0.6) is 5.75 Å². The van der Waals surface area contributed by atoms with E-state index in [0.29, 0.717) is 23.8 Å². The molecule has 3 heteroatoms. The van der Waals surface area contributed by atoms with Gasteiger partial charge in [-0.2, -0.15) is 0 Å². The first-order valence-corrected chi connectivity index (χ1v) is 7.57. The molecule has 1 rings (SSSR count). The number of nitrogens with one attached hydrogen (secondary N) is 1. The Kier molecular flexibility index (Phi) is 7.03. The molecule has 1 aromatic carbocycles. The second-order valence-corrected chi connectivity index (χ2v) is 6.39. The van der Waals surface area contributed by atoms with Crippen LogP contribution in [0.2, 0.25) is 0 Å². The highest BCUT2D eigenvalue weighted by Gasteiger charge is 2.16. The molecule has 0 amide bonds. The Hall–Kier alpha value is -1.06. The number of benzene rings is 1. The lowest BCUT2D eigenvalue weighted by atomic mass is 10.0. The first kappa shape index (κ1) is 17.0. The second-order valence-electron chi connectivity index (χ2n) is 6.39. The first-order valence-electron chi connectivity index (χ1n) is 7.57. The number of hydrogen-bond donors (Lipinski definition) is 2. The monoisotopic (exact) mass is 278 g/mol. The Morgan fingerprint density at radius 1 is 1.10 bits per heavy atom. The normalized spacial score (nSPS) is 14.8. The average Bonchev–Trinajstić information content (AvgIpc) is 2.36. The molecular formula is C17H30N2O. The van der Waals surface area contributed by atoms with E-state index in [1.54, 1.807) is 12.1 Å². The van der Waals surface area contributed by atoms with Gasteiger partial charge in [-0.15, -0.1) is 0 Å². The molecule has 2 atom stereocenters. The van der Waals surface area contributed by atoms with Gasteiger partial charge in [0.2, 0.25) is 0 Å². The summed E-state index contributed by atoms with van der Waals surface area (Å²) in [5, 5.41) is 13.0. The summed E-state index contributed by atoms with van der Waals surface area (Å²) in [5.74, 6) is 0.972. The van der Waals surface area contributed by atoms with Crippen LogP contribution in [0, 0.1) is 5.92 Å². The molecule has 0 saturated heterocycles. The van der Waals surface area contributed by atoms with Crippen LogP contribution < -0.4 is 5.32 Å². The fraction of sp³-hybridized carbons (Fsp3) is 0.647. The lowest BCUT2D eigenvalue weighted by Crippen LogP contribution is -2.46. The highest BCUT2D eigenvalue weighted by molar-refractivity contribution is 5.25. The molecule has 0 saturated carbocycles. The van der Waals surface area contributed by atoms with E-state index in [9.17, 15) is 5.11 Å². The lowest BCUT2D eigenvalue weighted by Gasteiger charge is -2.29. The van der Waals surface area contributed by atoms with Crippen molar-refractivity contribution in [3.8, 4) is 5.75 Å². The fourth-order valence-corrected chi connectivity index (χ4v) is 2.34. The van der Waals surface area contributed by atoms with Crippen molar-refractivity contribution in [1.82, 2.24) is 10.2 Å². The van der Waals surface area contributed by atoms with E-state index >= 15 is 0 Å².